The zero-order valence-electron chi connectivity index (χ0n) is 17.2. The van der Waals surface area contributed by atoms with Crippen LogP contribution in [0.1, 0.15) is 24.2 Å². The highest BCUT2D eigenvalue weighted by atomic mass is 79.9. The van der Waals surface area contributed by atoms with E-state index in [9.17, 15) is 19.7 Å². The number of nitrogens with zero attached hydrogens (tertiary/aromatic N) is 1. The molecule has 0 bridgehead atoms. The van der Waals surface area contributed by atoms with Gasteiger partial charge in [0, 0.05) is 16.6 Å². The number of hydrogen-bond acceptors (Lipinski definition) is 7. The molecule has 2 amide bonds. The third-order valence-electron chi connectivity index (χ3n) is 3.72. The standard InChI is InChI=1S/C20H21BrN4O6S/c1-12(2)10-31-17-8-3-13(21)9-16(17)19(27)22-20(32)24-23-18(26)11-30-15-6-4-14(5-7-15)25(28)29/h3-9,12H,10-11H2,1-2H3,(H,23,26)(H2,22,24,27,32). The Kier molecular flexibility index (Phi) is 9.35. The maximum atomic E-state index is 12.6. The van der Waals surface area contributed by atoms with Gasteiger partial charge in [0.1, 0.15) is 11.5 Å². The summed E-state index contributed by atoms with van der Waals surface area (Å²) in [6.07, 6.45) is 0. The summed E-state index contributed by atoms with van der Waals surface area (Å²) in [6, 6.07) is 10.3. The molecule has 0 saturated carbocycles. The van der Waals surface area contributed by atoms with Crippen molar-refractivity contribution in [1.82, 2.24) is 16.2 Å². The summed E-state index contributed by atoms with van der Waals surface area (Å²) in [5, 5.41) is 13.0. The van der Waals surface area contributed by atoms with Gasteiger partial charge in [-0.15, -0.1) is 0 Å². The number of benzene rings is 2. The summed E-state index contributed by atoms with van der Waals surface area (Å²) >= 11 is 8.35. The highest BCUT2D eigenvalue weighted by molar-refractivity contribution is 9.10. The van der Waals surface area contributed by atoms with Crippen molar-refractivity contribution in [1.29, 1.82) is 0 Å². The molecular formula is C20H21BrN4O6S. The lowest BCUT2D eigenvalue weighted by atomic mass is 10.2. The van der Waals surface area contributed by atoms with E-state index < -0.39 is 16.7 Å². The van der Waals surface area contributed by atoms with Crippen LogP contribution < -0.4 is 25.6 Å². The van der Waals surface area contributed by atoms with E-state index in [1.807, 2.05) is 13.8 Å². The molecular weight excluding hydrogens is 504 g/mol. The van der Waals surface area contributed by atoms with Crippen molar-refractivity contribution in [2.75, 3.05) is 13.2 Å². The van der Waals surface area contributed by atoms with Crippen LogP contribution in [0, 0.1) is 16.0 Å². The Bertz CT molecular complexity index is 1000. The average molecular weight is 525 g/mol. The van der Waals surface area contributed by atoms with Crippen LogP contribution in [-0.4, -0.2) is 35.1 Å². The van der Waals surface area contributed by atoms with Crippen molar-refractivity contribution < 1.29 is 24.0 Å². The van der Waals surface area contributed by atoms with E-state index in [2.05, 4.69) is 32.1 Å². The Balaban J connectivity index is 1.83. The minimum absolute atomic E-state index is 0.0900. The number of nitrogens with one attached hydrogen (secondary N) is 3. The molecule has 0 aliphatic heterocycles. The third-order valence-corrected chi connectivity index (χ3v) is 4.42. The number of halogens is 1. The number of rotatable bonds is 8. The van der Waals surface area contributed by atoms with Gasteiger partial charge in [-0.1, -0.05) is 29.8 Å². The highest BCUT2D eigenvalue weighted by Crippen LogP contribution is 2.24. The minimum Gasteiger partial charge on any atom is -0.492 e. The Morgan fingerprint density at radius 3 is 2.44 bits per heavy atom. The third kappa shape index (κ3) is 8.12. The van der Waals surface area contributed by atoms with E-state index >= 15 is 0 Å². The number of carbonyl (C=O) groups is 2. The molecule has 0 unspecified atom stereocenters. The van der Waals surface area contributed by atoms with Crippen molar-refractivity contribution in [3.63, 3.8) is 0 Å². The molecule has 32 heavy (non-hydrogen) atoms. The quantitative estimate of drug-likeness (QED) is 0.272. The summed E-state index contributed by atoms with van der Waals surface area (Å²) < 4.78 is 11.6. The van der Waals surface area contributed by atoms with E-state index in [0.29, 0.717) is 16.8 Å². The Morgan fingerprint density at radius 2 is 1.81 bits per heavy atom. The maximum Gasteiger partial charge on any atom is 0.276 e. The minimum atomic E-state index is -0.580. The second-order valence-electron chi connectivity index (χ2n) is 6.84. The number of nitro groups is 1. The zero-order valence-corrected chi connectivity index (χ0v) is 19.6. The van der Waals surface area contributed by atoms with Gasteiger partial charge < -0.3 is 9.47 Å². The van der Waals surface area contributed by atoms with Crippen LogP contribution in [0.4, 0.5) is 5.69 Å². The number of nitro benzene ring substituents is 1. The second-order valence-corrected chi connectivity index (χ2v) is 8.17. The van der Waals surface area contributed by atoms with Crippen molar-refractivity contribution in [2.24, 2.45) is 5.92 Å². The molecule has 0 aliphatic carbocycles. The number of hydrogen-bond donors (Lipinski definition) is 3. The van der Waals surface area contributed by atoms with E-state index in [1.165, 1.54) is 24.3 Å². The molecule has 0 heterocycles. The molecule has 2 aromatic carbocycles. The summed E-state index contributed by atoms with van der Waals surface area (Å²) in [6.45, 7) is 4.05. The first kappa shape index (κ1) is 25.0. The van der Waals surface area contributed by atoms with Crippen LogP contribution in [0.15, 0.2) is 46.9 Å². The first-order valence-corrected chi connectivity index (χ1v) is 10.6. The summed E-state index contributed by atoms with van der Waals surface area (Å²) in [7, 11) is 0. The van der Waals surface area contributed by atoms with Gasteiger partial charge in [-0.3, -0.25) is 35.9 Å². The number of carbonyl (C=O) groups excluding carboxylic acids is 2. The molecule has 0 radical (unpaired) electrons. The van der Waals surface area contributed by atoms with E-state index in [4.69, 9.17) is 21.7 Å². The van der Waals surface area contributed by atoms with E-state index in [1.54, 1.807) is 18.2 Å². The van der Waals surface area contributed by atoms with Crippen molar-refractivity contribution in [2.45, 2.75) is 13.8 Å². The lowest BCUT2D eigenvalue weighted by Gasteiger charge is -2.15. The number of ether oxygens (including phenoxy) is 2. The molecule has 0 saturated heterocycles. The van der Waals surface area contributed by atoms with Gasteiger partial charge in [0.05, 0.1) is 17.1 Å². The maximum absolute atomic E-state index is 12.6. The van der Waals surface area contributed by atoms with Gasteiger partial charge in [0.25, 0.3) is 17.5 Å². The van der Waals surface area contributed by atoms with Gasteiger partial charge in [-0.25, -0.2) is 0 Å². The summed E-state index contributed by atoms with van der Waals surface area (Å²) in [5.74, 6) is -0.129. The first-order chi connectivity index (χ1) is 15.2. The number of thiocarbonyl (C=S) groups is 1. The van der Waals surface area contributed by atoms with E-state index in [0.717, 1.165) is 0 Å². The Labute approximate surface area is 197 Å². The molecule has 2 aromatic rings. The molecule has 3 N–H and O–H groups in total. The van der Waals surface area contributed by atoms with Crippen molar-refractivity contribution in [3.05, 3.63) is 62.6 Å². The SMILES string of the molecule is CC(C)COc1ccc(Br)cc1C(=O)NC(=S)NNC(=O)COc1ccc([N+](=O)[O-])cc1. The summed E-state index contributed by atoms with van der Waals surface area (Å²) in [4.78, 5) is 34.6. The normalized spacial score (nSPS) is 10.2. The van der Waals surface area contributed by atoms with Crippen molar-refractivity contribution in [3.8, 4) is 11.5 Å². The monoisotopic (exact) mass is 524 g/mol. The topological polar surface area (TPSA) is 132 Å². The summed E-state index contributed by atoms with van der Waals surface area (Å²) in [5.41, 5.74) is 4.88. The van der Waals surface area contributed by atoms with Gasteiger partial charge >= 0.3 is 0 Å². The predicted octanol–water partition coefficient (Wildman–Crippen LogP) is 3.11. The van der Waals surface area contributed by atoms with Crippen LogP contribution in [0.25, 0.3) is 0 Å². The van der Waals surface area contributed by atoms with Crippen molar-refractivity contribution >= 4 is 50.8 Å². The van der Waals surface area contributed by atoms with Crippen LogP contribution in [-0.2, 0) is 4.79 Å². The van der Waals surface area contributed by atoms with Gasteiger partial charge in [-0.05, 0) is 48.5 Å². The van der Waals surface area contributed by atoms with Gasteiger partial charge in [0.15, 0.2) is 11.7 Å². The molecule has 0 fully saturated rings. The second kappa shape index (κ2) is 12.0. The van der Waals surface area contributed by atoms with E-state index in [-0.39, 0.29) is 34.6 Å². The highest BCUT2D eigenvalue weighted by Gasteiger charge is 2.16. The molecule has 0 atom stereocenters. The fourth-order valence-electron chi connectivity index (χ4n) is 2.24. The largest absolute Gasteiger partial charge is 0.492 e. The fraction of sp³-hybridized carbons (Fsp3) is 0.250. The molecule has 0 spiro atoms. The Hall–Kier alpha value is -3.25. The molecule has 0 aliphatic rings. The number of non-ortho nitro benzene ring substituents is 1. The lowest BCUT2D eigenvalue weighted by molar-refractivity contribution is -0.384. The average Bonchev–Trinajstić information content (AvgIpc) is 2.75. The smallest absolute Gasteiger partial charge is 0.276 e. The van der Waals surface area contributed by atoms with Gasteiger partial charge in [0.2, 0.25) is 0 Å². The van der Waals surface area contributed by atoms with Crippen LogP contribution in [0.2, 0.25) is 0 Å². The lowest BCUT2D eigenvalue weighted by Crippen LogP contribution is -2.49. The zero-order chi connectivity index (χ0) is 23.7. The number of hydrazine groups is 1. The molecule has 0 aromatic heterocycles. The number of amides is 2. The molecule has 12 heteroatoms. The predicted molar refractivity (Wildman–Crippen MR) is 124 cm³/mol. The molecule has 170 valence electrons. The van der Waals surface area contributed by atoms with Gasteiger partial charge in [-0.2, -0.15) is 0 Å². The van der Waals surface area contributed by atoms with Crippen LogP contribution in [0.3, 0.4) is 0 Å². The Morgan fingerprint density at radius 1 is 1.12 bits per heavy atom. The van der Waals surface area contributed by atoms with Crippen LogP contribution in [0.5, 0.6) is 11.5 Å². The molecule has 2 rings (SSSR count). The fourth-order valence-corrected chi connectivity index (χ4v) is 2.74. The molecule has 10 nitrogen and oxygen atoms in total. The first-order valence-electron chi connectivity index (χ1n) is 9.35. The van der Waals surface area contributed by atoms with Crippen LogP contribution >= 0.6 is 28.1 Å².